The number of nitrogens with one attached hydrogen (secondary N) is 1. The summed E-state index contributed by atoms with van der Waals surface area (Å²) < 4.78 is 11.2. The van der Waals surface area contributed by atoms with Crippen LogP contribution < -0.4 is 5.32 Å². The molecule has 0 aliphatic carbocycles. The first kappa shape index (κ1) is 29.0. The average molecular weight is 528 g/mol. The first-order valence-corrected chi connectivity index (χ1v) is 13.0. The summed E-state index contributed by atoms with van der Waals surface area (Å²) >= 11 is 0. The molecule has 2 bridgehead atoms. The summed E-state index contributed by atoms with van der Waals surface area (Å²) in [5, 5.41) is 13.0. The van der Waals surface area contributed by atoms with Gasteiger partial charge in [0.15, 0.2) is 5.69 Å². The summed E-state index contributed by atoms with van der Waals surface area (Å²) in [7, 11) is 0. The van der Waals surface area contributed by atoms with E-state index in [0.717, 1.165) is 5.57 Å². The molecule has 38 heavy (non-hydrogen) atoms. The molecular formula is C28H37N3O7. The third-order valence-corrected chi connectivity index (χ3v) is 6.55. The van der Waals surface area contributed by atoms with Gasteiger partial charge in [0.1, 0.15) is 24.2 Å². The number of ether oxygens (including phenoxy) is 1. The van der Waals surface area contributed by atoms with Crippen LogP contribution in [0.5, 0.6) is 0 Å². The number of oxazole rings is 1. The predicted molar refractivity (Wildman–Crippen MR) is 139 cm³/mol. The average Bonchev–Trinajstić information content (AvgIpc) is 3.52. The van der Waals surface area contributed by atoms with E-state index in [2.05, 4.69) is 10.3 Å². The van der Waals surface area contributed by atoms with Crippen molar-refractivity contribution in [3.05, 3.63) is 53.8 Å². The molecule has 2 aliphatic rings. The summed E-state index contributed by atoms with van der Waals surface area (Å²) in [6.07, 6.45) is 8.62. The Morgan fingerprint density at radius 3 is 2.68 bits per heavy atom. The second kappa shape index (κ2) is 13.3. The van der Waals surface area contributed by atoms with E-state index in [0.29, 0.717) is 19.4 Å². The van der Waals surface area contributed by atoms with Crippen LogP contribution in [0.15, 0.2) is 46.6 Å². The van der Waals surface area contributed by atoms with Crippen molar-refractivity contribution in [2.24, 2.45) is 11.8 Å². The van der Waals surface area contributed by atoms with Crippen molar-refractivity contribution >= 4 is 23.6 Å². The number of aliphatic hydroxyl groups is 1. The highest BCUT2D eigenvalue weighted by Crippen LogP contribution is 2.25. The van der Waals surface area contributed by atoms with Gasteiger partial charge >= 0.3 is 5.97 Å². The maximum Gasteiger partial charge on any atom is 0.329 e. The number of hydrogen-bond acceptors (Lipinski definition) is 8. The number of amides is 2. The molecule has 0 saturated carbocycles. The van der Waals surface area contributed by atoms with E-state index in [1.54, 1.807) is 31.2 Å². The zero-order valence-corrected chi connectivity index (χ0v) is 22.4. The molecule has 2 N–H and O–H groups in total. The molecule has 4 atom stereocenters. The Kier molecular flexibility index (Phi) is 10.2. The quantitative estimate of drug-likeness (QED) is 0.531. The van der Waals surface area contributed by atoms with E-state index in [1.807, 2.05) is 20.8 Å². The minimum Gasteiger partial charge on any atom is -0.460 e. The molecule has 1 unspecified atom stereocenters. The summed E-state index contributed by atoms with van der Waals surface area (Å²) in [5.41, 5.74) is 0.739. The number of Topliss-reactive ketones (excluding diaryl/α,β-unsaturated/α-hetero) is 1. The number of aliphatic hydroxyl groups excluding tert-OH is 1. The molecule has 10 heteroatoms. The van der Waals surface area contributed by atoms with Crippen molar-refractivity contribution in [1.29, 1.82) is 0 Å². The first-order chi connectivity index (χ1) is 18.0. The number of fused-ring (bicyclic) bond motifs is 3. The lowest BCUT2D eigenvalue weighted by molar-refractivity contribution is -0.158. The van der Waals surface area contributed by atoms with Gasteiger partial charge in [0, 0.05) is 25.4 Å². The van der Waals surface area contributed by atoms with Gasteiger partial charge in [0.05, 0.1) is 12.5 Å². The lowest BCUT2D eigenvalue weighted by Gasteiger charge is -2.29. The van der Waals surface area contributed by atoms with Crippen molar-refractivity contribution in [2.45, 2.75) is 71.6 Å². The molecule has 2 amide bonds. The van der Waals surface area contributed by atoms with E-state index in [-0.39, 0.29) is 54.5 Å². The minimum atomic E-state index is -1.01. The Hall–Kier alpha value is -3.53. The van der Waals surface area contributed by atoms with Gasteiger partial charge in [0.25, 0.3) is 5.91 Å². The summed E-state index contributed by atoms with van der Waals surface area (Å²) in [5.74, 6) is -1.76. The van der Waals surface area contributed by atoms with Crippen LogP contribution in [0.25, 0.3) is 0 Å². The molecule has 0 spiro atoms. The summed E-state index contributed by atoms with van der Waals surface area (Å²) in [6, 6.07) is -0.761. The fourth-order valence-corrected chi connectivity index (χ4v) is 4.66. The van der Waals surface area contributed by atoms with Crippen molar-refractivity contribution in [3.63, 3.8) is 0 Å². The van der Waals surface area contributed by atoms with Crippen LogP contribution in [-0.4, -0.2) is 69.9 Å². The van der Waals surface area contributed by atoms with Gasteiger partial charge in [-0.1, -0.05) is 50.6 Å². The molecule has 1 saturated heterocycles. The highest BCUT2D eigenvalue weighted by molar-refractivity contribution is 5.95. The Bertz CT molecular complexity index is 1120. The van der Waals surface area contributed by atoms with Gasteiger partial charge < -0.3 is 24.5 Å². The van der Waals surface area contributed by atoms with Crippen LogP contribution >= 0.6 is 0 Å². The fourth-order valence-electron chi connectivity index (χ4n) is 4.66. The number of hydrogen-bond donors (Lipinski definition) is 2. The first-order valence-electron chi connectivity index (χ1n) is 13.0. The number of rotatable bonds is 1. The zero-order valence-electron chi connectivity index (χ0n) is 22.4. The number of aromatic nitrogens is 1. The SMILES string of the molecule is CC1=C/[C@@H](O)CC(=O)Cc2nc(co2)C(=O)N2CCCC2C(=O)O[C@H](C(C)C)[C@@H](C)/C=C\C(=O)NC\C=C\1. The molecule has 1 fully saturated rings. The lowest BCUT2D eigenvalue weighted by Crippen LogP contribution is -2.44. The number of allylic oxidation sites excluding steroid dienone is 2. The topological polar surface area (TPSA) is 139 Å². The van der Waals surface area contributed by atoms with Crippen molar-refractivity contribution in [2.75, 3.05) is 13.1 Å². The molecule has 1 aromatic rings. The second-order valence-corrected chi connectivity index (χ2v) is 10.2. The second-order valence-electron chi connectivity index (χ2n) is 10.2. The fraction of sp³-hybridized carbons (Fsp3) is 0.536. The third-order valence-electron chi connectivity index (χ3n) is 6.55. The molecule has 2 aliphatic heterocycles. The van der Waals surface area contributed by atoms with Gasteiger partial charge in [-0.05, 0) is 31.8 Å². The van der Waals surface area contributed by atoms with Crippen LogP contribution in [0.3, 0.4) is 0 Å². The van der Waals surface area contributed by atoms with E-state index >= 15 is 0 Å². The van der Waals surface area contributed by atoms with Gasteiger partial charge in [0.2, 0.25) is 11.8 Å². The normalized spacial score (nSPS) is 29.7. The van der Waals surface area contributed by atoms with Crippen LogP contribution in [0.2, 0.25) is 0 Å². The molecule has 206 valence electrons. The highest BCUT2D eigenvalue weighted by atomic mass is 16.5. The lowest BCUT2D eigenvalue weighted by atomic mass is 9.94. The molecular weight excluding hydrogens is 490 g/mol. The monoisotopic (exact) mass is 527 g/mol. The number of esters is 1. The van der Waals surface area contributed by atoms with Crippen LogP contribution in [0, 0.1) is 11.8 Å². The zero-order chi connectivity index (χ0) is 27.8. The van der Waals surface area contributed by atoms with Crippen LogP contribution in [0.1, 0.15) is 63.3 Å². The summed E-state index contributed by atoms with van der Waals surface area (Å²) in [6.45, 7) is 8.16. The number of nitrogens with zero attached hydrogens (tertiary/aromatic N) is 2. The van der Waals surface area contributed by atoms with Crippen LogP contribution in [0.4, 0.5) is 0 Å². The smallest absolute Gasteiger partial charge is 0.329 e. The Morgan fingerprint density at radius 2 is 1.95 bits per heavy atom. The number of ketones is 1. The number of carbonyl (C=O) groups excluding carboxylic acids is 4. The molecule has 3 rings (SSSR count). The van der Waals surface area contributed by atoms with Crippen molar-refractivity contribution in [3.8, 4) is 0 Å². The molecule has 0 radical (unpaired) electrons. The molecule has 10 nitrogen and oxygen atoms in total. The Morgan fingerprint density at radius 1 is 1.18 bits per heavy atom. The molecule has 0 aromatic carbocycles. The van der Waals surface area contributed by atoms with E-state index in [9.17, 15) is 24.3 Å². The Labute approximate surface area is 222 Å². The van der Waals surface area contributed by atoms with Gasteiger partial charge in [-0.15, -0.1) is 0 Å². The maximum atomic E-state index is 13.2. The minimum absolute atomic E-state index is 0.00930. The largest absolute Gasteiger partial charge is 0.460 e. The van der Waals surface area contributed by atoms with Gasteiger partial charge in [-0.25, -0.2) is 9.78 Å². The van der Waals surface area contributed by atoms with E-state index in [1.165, 1.54) is 17.2 Å². The molecule has 1 aromatic heterocycles. The standard InChI is InChI=1S/C28H37N3O7/c1-17(2)26-19(4)9-10-24(34)29-11-5-7-18(3)13-20(32)14-21(33)15-25-30-22(16-37-25)27(35)31-12-6-8-23(31)28(36)38-26/h5,7,9-10,13,16-17,19-20,23,26,32H,6,8,11-12,14-15H2,1-4H3,(H,29,34)/b7-5+,10-9-,18-13-/t19-,20+,23?,26+/m0/s1. The van der Waals surface area contributed by atoms with Gasteiger partial charge in [-0.2, -0.15) is 0 Å². The number of carbonyl (C=O) groups is 4. The van der Waals surface area contributed by atoms with E-state index < -0.39 is 30.1 Å². The van der Waals surface area contributed by atoms with Crippen molar-refractivity contribution in [1.82, 2.24) is 15.2 Å². The number of cyclic esters (lactones) is 1. The third kappa shape index (κ3) is 7.98. The van der Waals surface area contributed by atoms with Crippen molar-refractivity contribution < 1.29 is 33.4 Å². The molecule has 3 heterocycles. The maximum absolute atomic E-state index is 13.2. The Balaban J connectivity index is 1.85. The predicted octanol–water partition coefficient (Wildman–Crippen LogP) is 2.53. The van der Waals surface area contributed by atoms with E-state index in [4.69, 9.17) is 9.15 Å². The summed E-state index contributed by atoms with van der Waals surface area (Å²) in [4.78, 5) is 56.6. The van der Waals surface area contributed by atoms with Gasteiger partial charge in [-0.3, -0.25) is 14.4 Å². The highest BCUT2D eigenvalue weighted by Gasteiger charge is 2.38. The van der Waals surface area contributed by atoms with Crippen LogP contribution in [-0.2, 0) is 25.5 Å².